The van der Waals surface area contributed by atoms with Gasteiger partial charge in [-0.25, -0.2) is 0 Å². The van der Waals surface area contributed by atoms with Gasteiger partial charge in [-0.1, -0.05) is 45.2 Å². The summed E-state index contributed by atoms with van der Waals surface area (Å²) < 4.78 is 5.65. The molecular formula is C15H26N2O. The van der Waals surface area contributed by atoms with Crippen molar-refractivity contribution >= 4 is 0 Å². The van der Waals surface area contributed by atoms with Crippen LogP contribution in [0, 0.1) is 0 Å². The number of hydrazine groups is 1. The Labute approximate surface area is 111 Å². The molecule has 0 aliphatic heterocycles. The van der Waals surface area contributed by atoms with E-state index >= 15 is 0 Å². The molecule has 1 aromatic carbocycles. The van der Waals surface area contributed by atoms with Gasteiger partial charge in [0, 0.05) is 6.04 Å². The lowest BCUT2D eigenvalue weighted by Crippen LogP contribution is -2.28. The quantitative estimate of drug-likeness (QED) is 0.400. The zero-order valence-corrected chi connectivity index (χ0v) is 11.6. The van der Waals surface area contributed by atoms with Crippen molar-refractivity contribution < 1.29 is 4.74 Å². The van der Waals surface area contributed by atoms with Crippen LogP contribution >= 0.6 is 0 Å². The monoisotopic (exact) mass is 250 g/mol. The molecule has 0 fully saturated rings. The van der Waals surface area contributed by atoms with Crippen LogP contribution in [0.5, 0.6) is 5.75 Å². The van der Waals surface area contributed by atoms with Gasteiger partial charge in [-0.2, -0.15) is 0 Å². The molecule has 0 heterocycles. The maximum absolute atomic E-state index is 5.65. The molecule has 1 rings (SSSR count). The zero-order chi connectivity index (χ0) is 13.2. The van der Waals surface area contributed by atoms with E-state index < -0.39 is 0 Å². The fourth-order valence-corrected chi connectivity index (χ4v) is 1.99. The maximum atomic E-state index is 5.65. The predicted octanol–water partition coefficient (Wildman–Crippen LogP) is 3.56. The fraction of sp³-hybridized carbons (Fsp3) is 0.600. The molecule has 0 saturated heterocycles. The Hall–Kier alpha value is -1.06. The first-order chi connectivity index (χ1) is 8.81. The summed E-state index contributed by atoms with van der Waals surface area (Å²) in [6.45, 7) is 5.09. The summed E-state index contributed by atoms with van der Waals surface area (Å²) in [7, 11) is 0. The Bertz CT molecular complexity index is 328. The van der Waals surface area contributed by atoms with E-state index in [0.717, 1.165) is 25.2 Å². The molecule has 102 valence electrons. The van der Waals surface area contributed by atoms with Crippen molar-refractivity contribution in [2.75, 3.05) is 6.61 Å². The van der Waals surface area contributed by atoms with Gasteiger partial charge in [0.1, 0.15) is 5.75 Å². The van der Waals surface area contributed by atoms with Crippen LogP contribution in [0.3, 0.4) is 0 Å². The summed E-state index contributed by atoms with van der Waals surface area (Å²) in [5, 5.41) is 0. The zero-order valence-electron chi connectivity index (χ0n) is 11.6. The molecule has 0 bridgehead atoms. The highest BCUT2D eigenvalue weighted by atomic mass is 16.5. The Morgan fingerprint density at radius 1 is 1.22 bits per heavy atom. The van der Waals surface area contributed by atoms with Crippen molar-refractivity contribution in [3.63, 3.8) is 0 Å². The van der Waals surface area contributed by atoms with Crippen LogP contribution in [0.2, 0.25) is 0 Å². The van der Waals surface area contributed by atoms with Crippen LogP contribution < -0.4 is 16.0 Å². The smallest absolute Gasteiger partial charge is 0.119 e. The lowest BCUT2D eigenvalue weighted by molar-refractivity contribution is 0.316. The Kier molecular flexibility index (Phi) is 7.46. The molecule has 1 atom stereocenters. The third-order valence-electron chi connectivity index (χ3n) is 3.03. The Balaban J connectivity index is 2.60. The molecule has 0 aliphatic rings. The highest BCUT2D eigenvalue weighted by molar-refractivity contribution is 5.30. The van der Waals surface area contributed by atoms with Gasteiger partial charge < -0.3 is 4.74 Å². The SMILES string of the molecule is CCCCCC(NN)c1cccc(OCCC)c1. The average molecular weight is 250 g/mol. The van der Waals surface area contributed by atoms with Gasteiger partial charge in [-0.05, 0) is 30.5 Å². The summed E-state index contributed by atoms with van der Waals surface area (Å²) in [5.74, 6) is 6.58. The molecule has 0 saturated carbocycles. The molecule has 3 N–H and O–H groups in total. The van der Waals surface area contributed by atoms with Gasteiger partial charge >= 0.3 is 0 Å². The van der Waals surface area contributed by atoms with E-state index in [4.69, 9.17) is 10.6 Å². The average Bonchev–Trinajstić information content (AvgIpc) is 2.42. The second kappa shape index (κ2) is 8.95. The number of nitrogens with one attached hydrogen (secondary N) is 1. The van der Waals surface area contributed by atoms with E-state index in [1.165, 1.54) is 24.8 Å². The summed E-state index contributed by atoms with van der Waals surface area (Å²) >= 11 is 0. The van der Waals surface area contributed by atoms with Crippen molar-refractivity contribution in [1.29, 1.82) is 0 Å². The van der Waals surface area contributed by atoms with Gasteiger partial charge in [0.15, 0.2) is 0 Å². The molecular weight excluding hydrogens is 224 g/mol. The largest absolute Gasteiger partial charge is 0.494 e. The number of rotatable bonds is 9. The highest BCUT2D eigenvalue weighted by Gasteiger charge is 2.09. The summed E-state index contributed by atoms with van der Waals surface area (Å²) in [6.07, 6.45) is 5.79. The Morgan fingerprint density at radius 2 is 2.06 bits per heavy atom. The fourth-order valence-electron chi connectivity index (χ4n) is 1.99. The number of ether oxygens (including phenoxy) is 1. The number of benzene rings is 1. The van der Waals surface area contributed by atoms with Crippen LogP contribution in [0.25, 0.3) is 0 Å². The van der Waals surface area contributed by atoms with Crippen LogP contribution in [0.4, 0.5) is 0 Å². The van der Waals surface area contributed by atoms with Gasteiger partial charge in [-0.3, -0.25) is 11.3 Å². The third-order valence-corrected chi connectivity index (χ3v) is 3.03. The second-order valence-corrected chi connectivity index (χ2v) is 4.64. The standard InChI is InChI=1S/C15H26N2O/c1-3-5-6-10-15(17-16)13-8-7-9-14(12-13)18-11-4-2/h7-9,12,15,17H,3-6,10-11,16H2,1-2H3. The highest BCUT2D eigenvalue weighted by Crippen LogP contribution is 2.23. The van der Waals surface area contributed by atoms with E-state index in [-0.39, 0.29) is 6.04 Å². The molecule has 18 heavy (non-hydrogen) atoms. The van der Waals surface area contributed by atoms with E-state index in [2.05, 4.69) is 31.4 Å². The minimum atomic E-state index is 0.224. The van der Waals surface area contributed by atoms with Crippen LogP contribution in [-0.4, -0.2) is 6.61 Å². The van der Waals surface area contributed by atoms with Gasteiger partial charge in [-0.15, -0.1) is 0 Å². The maximum Gasteiger partial charge on any atom is 0.119 e. The van der Waals surface area contributed by atoms with Gasteiger partial charge in [0.25, 0.3) is 0 Å². The van der Waals surface area contributed by atoms with Crippen LogP contribution in [0.15, 0.2) is 24.3 Å². The number of nitrogens with two attached hydrogens (primary N) is 1. The van der Waals surface area contributed by atoms with Crippen molar-refractivity contribution in [1.82, 2.24) is 5.43 Å². The Morgan fingerprint density at radius 3 is 2.72 bits per heavy atom. The molecule has 1 unspecified atom stereocenters. The number of unbranched alkanes of at least 4 members (excludes halogenated alkanes) is 2. The normalized spacial score (nSPS) is 12.4. The molecule has 1 aromatic rings. The molecule has 0 aromatic heterocycles. The van der Waals surface area contributed by atoms with E-state index in [9.17, 15) is 0 Å². The minimum absolute atomic E-state index is 0.224. The van der Waals surface area contributed by atoms with Crippen LogP contribution in [-0.2, 0) is 0 Å². The van der Waals surface area contributed by atoms with Crippen molar-refractivity contribution in [2.24, 2.45) is 5.84 Å². The van der Waals surface area contributed by atoms with Gasteiger partial charge in [0.2, 0.25) is 0 Å². The first-order valence-electron chi connectivity index (χ1n) is 7.00. The van der Waals surface area contributed by atoms with E-state index in [0.29, 0.717) is 0 Å². The lowest BCUT2D eigenvalue weighted by Gasteiger charge is -2.17. The lowest BCUT2D eigenvalue weighted by atomic mass is 10.0. The number of hydrogen-bond acceptors (Lipinski definition) is 3. The third kappa shape index (κ3) is 5.07. The predicted molar refractivity (Wildman–Crippen MR) is 76.4 cm³/mol. The molecule has 0 aliphatic carbocycles. The van der Waals surface area contributed by atoms with E-state index in [1.54, 1.807) is 0 Å². The molecule has 0 amide bonds. The molecule has 3 nitrogen and oxygen atoms in total. The minimum Gasteiger partial charge on any atom is -0.494 e. The van der Waals surface area contributed by atoms with Crippen LogP contribution in [0.1, 0.15) is 57.6 Å². The molecule has 3 heteroatoms. The molecule has 0 radical (unpaired) electrons. The second-order valence-electron chi connectivity index (χ2n) is 4.64. The summed E-state index contributed by atoms with van der Waals surface area (Å²) in [5.41, 5.74) is 4.12. The number of hydrogen-bond donors (Lipinski definition) is 2. The summed E-state index contributed by atoms with van der Waals surface area (Å²) in [6, 6.07) is 8.45. The molecule has 0 spiro atoms. The van der Waals surface area contributed by atoms with Crippen molar-refractivity contribution in [2.45, 2.75) is 52.0 Å². The van der Waals surface area contributed by atoms with Crippen molar-refractivity contribution in [3.8, 4) is 5.75 Å². The van der Waals surface area contributed by atoms with Gasteiger partial charge in [0.05, 0.1) is 6.61 Å². The van der Waals surface area contributed by atoms with E-state index in [1.807, 2.05) is 12.1 Å². The first kappa shape index (κ1) is 15.0. The first-order valence-corrected chi connectivity index (χ1v) is 7.00. The topological polar surface area (TPSA) is 47.3 Å². The van der Waals surface area contributed by atoms with Crippen molar-refractivity contribution in [3.05, 3.63) is 29.8 Å². The summed E-state index contributed by atoms with van der Waals surface area (Å²) in [4.78, 5) is 0.